The van der Waals surface area contributed by atoms with E-state index in [-0.39, 0.29) is 11.4 Å². The van der Waals surface area contributed by atoms with Crippen molar-refractivity contribution in [2.24, 2.45) is 0 Å². The first kappa shape index (κ1) is 16.6. The largest absolute Gasteiger partial charge is 0.415 e. The Morgan fingerprint density at radius 1 is 1.12 bits per heavy atom. The molecule has 0 bridgehead atoms. The van der Waals surface area contributed by atoms with Gasteiger partial charge in [0.15, 0.2) is 0 Å². The van der Waals surface area contributed by atoms with Gasteiger partial charge in [-0.3, -0.25) is 0 Å². The molecular formula is C18H17F2N5O. The number of nitrogens with one attached hydrogen (secondary N) is 1. The third-order valence-corrected chi connectivity index (χ3v) is 4.74. The van der Waals surface area contributed by atoms with Crippen molar-refractivity contribution < 1.29 is 13.2 Å². The summed E-state index contributed by atoms with van der Waals surface area (Å²) in [6.07, 6.45) is 3.32. The molecule has 8 heteroatoms. The van der Waals surface area contributed by atoms with E-state index in [4.69, 9.17) is 4.42 Å². The lowest BCUT2D eigenvalue weighted by molar-refractivity contribution is 0.116. The van der Waals surface area contributed by atoms with Crippen LogP contribution in [-0.2, 0) is 5.54 Å². The van der Waals surface area contributed by atoms with E-state index in [2.05, 4.69) is 44.5 Å². The van der Waals surface area contributed by atoms with Crippen molar-refractivity contribution in [3.8, 4) is 11.5 Å². The number of aryl methyl sites for hydroxylation is 1. The van der Waals surface area contributed by atoms with Crippen LogP contribution in [0.3, 0.4) is 0 Å². The number of hydrogen-bond acceptors (Lipinski definition) is 6. The molecule has 0 aliphatic heterocycles. The highest BCUT2D eigenvalue weighted by Gasteiger charge is 2.40. The van der Waals surface area contributed by atoms with Crippen LogP contribution < -0.4 is 5.32 Å². The molecule has 1 aliphatic carbocycles. The smallest absolute Gasteiger partial charge is 0.314 e. The van der Waals surface area contributed by atoms with Gasteiger partial charge in [-0.1, -0.05) is 24.3 Å². The van der Waals surface area contributed by atoms with E-state index in [1.165, 1.54) is 23.5 Å². The van der Waals surface area contributed by atoms with Gasteiger partial charge in [0.1, 0.15) is 0 Å². The zero-order valence-corrected chi connectivity index (χ0v) is 14.1. The molecule has 1 aliphatic rings. The highest BCUT2D eigenvalue weighted by Crippen LogP contribution is 2.44. The monoisotopic (exact) mass is 357 g/mol. The third-order valence-electron chi connectivity index (χ3n) is 4.74. The van der Waals surface area contributed by atoms with E-state index < -0.39 is 12.3 Å². The van der Waals surface area contributed by atoms with Gasteiger partial charge >= 0.3 is 6.43 Å². The second-order valence-electron chi connectivity index (χ2n) is 6.42. The molecule has 2 heterocycles. The zero-order valence-electron chi connectivity index (χ0n) is 14.1. The number of nitrogens with zero attached hydrogens (tertiary/aromatic N) is 4. The zero-order chi connectivity index (χ0) is 18.1. The van der Waals surface area contributed by atoms with E-state index in [9.17, 15) is 8.78 Å². The fourth-order valence-electron chi connectivity index (χ4n) is 3.26. The Bertz CT molecular complexity index is 906. The summed E-state index contributed by atoms with van der Waals surface area (Å²) in [6.45, 7) is 2.09. The van der Waals surface area contributed by atoms with E-state index in [1.807, 2.05) is 12.1 Å². The van der Waals surface area contributed by atoms with Crippen LogP contribution >= 0.6 is 0 Å². The van der Waals surface area contributed by atoms with Crippen molar-refractivity contribution in [1.29, 1.82) is 0 Å². The van der Waals surface area contributed by atoms with Gasteiger partial charge in [-0.15, -0.1) is 10.2 Å². The molecule has 3 aromatic rings. The minimum absolute atomic E-state index is 0.0240. The number of rotatable bonds is 5. The minimum atomic E-state index is -2.80. The topological polar surface area (TPSA) is 76.7 Å². The van der Waals surface area contributed by atoms with Crippen LogP contribution in [0.5, 0.6) is 0 Å². The van der Waals surface area contributed by atoms with Gasteiger partial charge in [0, 0.05) is 12.4 Å². The van der Waals surface area contributed by atoms with E-state index >= 15 is 0 Å². The van der Waals surface area contributed by atoms with Crippen molar-refractivity contribution in [3.05, 3.63) is 53.7 Å². The number of alkyl halides is 2. The average Bonchev–Trinajstić information content (AvgIpc) is 3.10. The van der Waals surface area contributed by atoms with Crippen LogP contribution in [0.15, 0.2) is 41.1 Å². The molecule has 4 rings (SSSR count). The molecule has 0 saturated heterocycles. The first-order valence-electron chi connectivity index (χ1n) is 8.36. The maximum Gasteiger partial charge on any atom is 0.314 e. The molecule has 134 valence electrons. The summed E-state index contributed by atoms with van der Waals surface area (Å²) in [5, 5.41) is 10.4. The fourth-order valence-corrected chi connectivity index (χ4v) is 3.26. The van der Waals surface area contributed by atoms with Crippen LogP contribution in [0.25, 0.3) is 11.5 Å². The predicted molar refractivity (Wildman–Crippen MR) is 90.6 cm³/mol. The number of hydrogen-bond donors (Lipinski definition) is 1. The summed E-state index contributed by atoms with van der Waals surface area (Å²) in [6, 6.07) is 8.27. The van der Waals surface area contributed by atoms with Gasteiger partial charge in [0.05, 0.1) is 11.1 Å². The second kappa shape index (κ2) is 6.44. The lowest BCUT2D eigenvalue weighted by Crippen LogP contribution is -2.43. The molecule has 0 amide bonds. The minimum Gasteiger partial charge on any atom is -0.415 e. The molecule has 0 atom stereocenters. The summed E-state index contributed by atoms with van der Waals surface area (Å²) < 4.78 is 30.0. The number of aromatic nitrogens is 4. The van der Waals surface area contributed by atoms with Gasteiger partial charge in [0.25, 0.3) is 11.8 Å². The molecule has 2 aromatic heterocycles. The maximum atomic E-state index is 12.5. The van der Waals surface area contributed by atoms with Crippen molar-refractivity contribution in [1.82, 2.24) is 20.2 Å². The molecule has 6 nitrogen and oxygen atoms in total. The highest BCUT2D eigenvalue weighted by molar-refractivity contribution is 5.51. The molecule has 26 heavy (non-hydrogen) atoms. The van der Waals surface area contributed by atoms with Crippen LogP contribution in [0.1, 0.15) is 42.7 Å². The number of benzene rings is 1. The Balaban J connectivity index is 1.56. The Kier molecular flexibility index (Phi) is 4.10. The number of halogens is 2. The summed E-state index contributed by atoms with van der Waals surface area (Å²) in [4.78, 5) is 8.59. The van der Waals surface area contributed by atoms with Gasteiger partial charge in [0.2, 0.25) is 5.95 Å². The van der Waals surface area contributed by atoms with E-state index in [0.29, 0.717) is 11.5 Å². The summed E-state index contributed by atoms with van der Waals surface area (Å²) in [7, 11) is 0. The first-order chi connectivity index (χ1) is 12.6. The Morgan fingerprint density at radius 3 is 2.42 bits per heavy atom. The van der Waals surface area contributed by atoms with E-state index in [1.54, 1.807) is 0 Å². The van der Waals surface area contributed by atoms with Crippen LogP contribution in [-0.4, -0.2) is 20.2 Å². The molecular weight excluding hydrogens is 340 g/mol. The van der Waals surface area contributed by atoms with Crippen molar-refractivity contribution in [2.45, 2.75) is 38.2 Å². The maximum absolute atomic E-state index is 12.5. The van der Waals surface area contributed by atoms with Crippen molar-refractivity contribution in [2.75, 3.05) is 5.32 Å². The SMILES string of the molecule is Cc1ccccc1C1(Nc2ncc(-c3nnc(C(F)F)o3)cn2)CCC1. The molecule has 1 N–H and O–H groups in total. The fraction of sp³-hybridized carbons (Fsp3) is 0.333. The first-order valence-corrected chi connectivity index (χ1v) is 8.36. The lowest BCUT2D eigenvalue weighted by Gasteiger charge is -2.44. The van der Waals surface area contributed by atoms with Gasteiger partial charge < -0.3 is 9.73 Å². The molecule has 0 radical (unpaired) electrons. The Hall–Kier alpha value is -2.90. The standard InChI is InChI=1S/C18H17F2N5O/c1-11-5-2-3-6-13(11)18(7-4-8-18)23-17-21-9-12(10-22-17)15-24-25-16(26-15)14(19)20/h2-3,5-6,9-10,14H,4,7-8H2,1H3,(H,21,22,23). The molecule has 0 unspecified atom stereocenters. The summed E-state index contributed by atoms with van der Waals surface area (Å²) in [5.74, 6) is -0.260. The molecule has 1 aromatic carbocycles. The van der Waals surface area contributed by atoms with Gasteiger partial charge in [-0.25, -0.2) is 9.97 Å². The molecule has 1 saturated carbocycles. The number of anilines is 1. The predicted octanol–water partition coefficient (Wildman–Crippen LogP) is 4.26. The summed E-state index contributed by atoms with van der Waals surface area (Å²) in [5.41, 5.74) is 2.70. The quantitative estimate of drug-likeness (QED) is 0.735. The Morgan fingerprint density at radius 2 is 1.85 bits per heavy atom. The molecule has 0 spiro atoms. The van der Waals surface area contributed by atoms with Crippen LogP contribution in [0, 0.1) is 6.92 Å². The normalized spacial score (nSPS) is 15.7. The second-order valence-corrected chi connectivity index (χ2v) is 6.42. The van der Waals surface area contributed by atoms with E-state index in [0.717, 1.165) is 19.3 Å². The average molecular weight is 357 g/mol. The highest BCUT2D eigenvalue weighted by atomic mass is 19.3. The van der Waals surface area contributed by atoms with Gasteiger partial charge in [-0.2, -0.15) is 8.78 Å². The Labute approximate surface area is 148 Å². The summed E-state index contributed by atoms with van der Waals surface area (Å²) >= 11 is 0. The lowest BCUT2D eigenvalue weighted by atomic mass is 9.70. The van der Waals surface area contributed by atoms with Crippen LogP contribution in [0.4, 0.5) is 14.7 Å². The van der Waals surface area contributed by atoms with Crippen molar-refractivity contribution >= 4 is 5.95 Å². The van der Waals surface area contributed by atoms with Crippen molar-refractivity contribution in [3.63, 3.8) is 0 Å². The molecule has 1 fully saturated rings. The van der Waals surface area contributed by atoms with Gasteiger partial charge in [-0.05, 0) is 37.3 Å². The van der Waals surface area contributed by atoms with Crippen LogP contribution in [0.2, 0.25) is 0 Å². The third kappa shape index (κ3) is 2.91.